The van der Waals surface area contributed by atoms with Gasteiger partial charge in [-0.2, -0.15) is 0 Å². The molecule has 1 heterocycles. The minimum Gasteiger partial charge on any atom is -0.357 e. The van der Waals surface area contributed by atoms with Gasteiger partial charge in [-0.05, 0) is 36.2 Å². The number of amides is 1. The van der Waals surface area contributed by atoms with E-state index in [1.165, 1.54) is 6.07 Å². The van der Waals surface area contributed by atoms with Crippen LogP contribution in [0.3, 0.4) is 0 Å². The molecule has 0 saturated carbocycles. The molecule has 100 valence electrons. The maximum atomic E-state index is 13.0. The molecule has 3 nitrogen and oxygen atoms in total. The van der Waals surface area contributed by atoms with Crippen molar-refractivity contribution in [1.29, 1.82) is 0 Å². The summed E-state index contributed by atoms with van der Waals surface area (Å²) in [7, 11) is 1.92. The summed E-state index contributed by atoms with van der Waals surface area (Å²) in [6.07, 6.45) is 4.58. The SMILES string of the molecule is Cn1ccc(CCNC(=O)c2ccc(F)c(F)c2)c1. The highest BCUT2D eigenvalue weighted by atomic mass is 19.2. The summed E-state index contributed by atoms with van der Waals surface area (Å²) in [5.41, 5.74) is 1.22. The van der Waals surface area contributed by atoms with Gasteiger partial charge in [-0.1, -0.05) is 0 Å². The smallest absolute Gasteiger partial charge is 0.251 e. The molecular weight excluding hydrogens is 250 g/mol. The zero-order valence-electron chi connectivity index (χ0n) is 10.5. The zero-order chi connectivity index (χ0) is 13.8. The molecule has 0 saturated heterocycles. The molecule has 0 spiro atoms. The molecule has 1 aromatic carbocycles. The Morgan fingerprint density at radius 2 is 2.05 bits per heavy atom. The highest BCUT2D eigenvalue weighted by molar-refractivity contribution is 5.94. The second-order valence-corrected chi connectivity index (χ2v) is 4.32. The van der Waals surface area contributed by atoms with E-state index in [0.717, 1.165) is 17.7 Å². The number of carbonyl (C=O) groups is 1. The molecule has 1 aromatic heterocycles. The van der Waals surface area contributed by atoms with Crippen molar-refractivity contribution in [2.45, 2.75) is 6.42 Å². The second-order valence-electron chi connectivity index (χ2n) is 4.32. The van der Waals surface area contributed by atoms with Gasteiger partial charge in [0.25, 0.3) is 5.91 Å². The fraction of sp³-hybridized carbons (Fsp3) is 0.214. The van der Waals surface area contributed by atoms with Crippen molar-refractivity contribution in [1.82, 2.24) is 9.88 Å². The molecule has 0 aliphatic carbocycles. The average Bonchev–Trinajstić information content (AvgIpc) is 2.78. The maximum absolute atomic E-state index is 13.0. The van der Waals surface area contributed by atoms with Gasteiger partial charge in [-0.25, -0.2) is 8.78 Å². The molecule has 5 heteroatoms. The van der Waals surface area contributed by atoms with Crippen molar-refractivity contribution >= 4 is 5.91 Å². The quantitative estimate of drug-likeness (QED) is 0.903. The number of benzene rings is 1. The lowest BCUT2D eigenvalue weighted by Gasteiger charge is -2.04. The van der Waals surface area contributed by atoms with Crippen LogP contribution >= 0.6 is 0 Å². The van der Waals surface area contributed by atoms with Gasteiger partial charge in [0.15, 0.2) is 11.6 Å². The van der Waals surface area contributed by atoms with Gasteiger partial charge in [0.05, 0.1) is 0 Å². The van der Waals surface area contributed by atoms with E-state index in [1.54, 1.807) is 0 Å². The van der Waals surface area contributed by atoms with Crippen LogP contribution in [0.15, 0.2) is 36.7 Å². The van der Waals surface area contributed by atoms with E-state index in [1.807, 2.05) is 30.1 Å². The van der Waals surface area contributed by atoms with Crippen molar-refractivity contribution in [3.8, 4) is 0 Å². The minimum atomic E-state index is -1.02. The van der Waals surface area contributed by atoms with Gasteiger partial charge in [-0.3, -0.25) is 4.79 Å². The number of rotatable bonds is 4. The molecule has 0 atom stereocenters. The molecule has 19 heavy (non-hydrogen) atoms. The first-order valence-electron chi connectivity index (χ1n) is 5.90. The fourth-order valence-corrected chi connectivity index (χ4v) is 1.77. The lowest BCUT2D eigenvalue weighted by molar-refractivity contribution is 0.0953. The van der Waals surface area contributed by atoms with Gasteiger partial charge in [0.1, 0.15) is 0 Å². The highest BCUT2D eigenvalue weighted by Crippen LogP contribution is 2.08. The van der Waals surface area contributed by atoms with Gasteiger partial charge in [0.2, 0.25) is 0 Å². The van der Waals surface area contributed by atoms with Crippen LogP contribution in [0.1, 0.15) is 15.9 Å². The Hall–Kier alpha value is -2.17. The van der Waals surface area contributed by atoms with Gasteiger partial charge in [0, 0.05) is 31.5 Å². The van der Waals surface area contributed by atoms with E-state index < -0.39 is 17.5 Å². The van der Waals surface area contributed by atoms with E-state index in [0.29, 0.717) is 13.0 Å². The normalized spacial score (nSPS) is 10.5. The topological polar surface area (TPSA) is 34.0 Å². The summed E-state index contributed by atoms with van der Waals surface area (Å²) in [5, 5.41) is 2.67. The van der Waals surface area contributed by atoms with Crippen molar-refractivity contribution in [3.63, 3.8) is 0 Å². The summed E-state index contributed by atoms with van der Waals surface area (Å²) in [4.78, 5) is 11.7. The largest absolute Gasteiger partial charge is 0.357 e. The van der Waals surface area contributed by atoms with E-state index in [2.05, 4.69) is 5.32 Å². The Morgan fingerprint density at radius 3 is 2.68 bits per heavy atom. The summed E-state index contributed by atoms with van der Waals surface area (Å²) in [6, 6.07) is 5.06. The predicted molar refractivity (Wildman–Crippen MR) is 67.8 cm³/mol. The minimum absolute atomic E-state index is 0.118. The molecule has 2 aromatic rings. The third-order valence-corrected chi connectivity index (χ3v) is 2.77. The summed E-state index contributed by atoms with van der Waals surface area (Å²) in [6.45, 7) is 0.446. The second kappa shape index (κ2) is 5.65. The molecule has 0 aliphatic heterocycles. The third kappa shape index (κ3) is 3.40. The summed E-state index contributed by atoms with van der Waals surface area (Å²) in [5.74, 6) is -2.38. The molecule has 0 unspecified atom stereocenters. The number of halogens is 2. The highest BCUT2D eigenvalue weighted by Gasteiger charge is 2.09. The van der Waals surface area contributed by atoms with Crippen LogP contribution in [-0.4, -0.2) is 17.0 Å². The standard InChI is InChI=1S/C14H14F2N2O/c1-18-7-5-10(9-18)4-6-17-14(19)11-2-3-12(15)13(16)8-11/h2-3,5,7-9H,4,6H2,1H3,(H,17,19). The Balaban J connectivity index is 1.89. The lowest BCUT2D eigenvalue weighted by Crippen LogP contribution is -2.25. The number of nitrogens with one attached hydrogen (secondary N) is 1. The number of hydrogen-bond acceptors (Lipinski definition) is 1. The van der Waals surface area contributed by atoms with Gasteiger partial charge < -0.3 is 9.88 Å². The Kier molecular flexibility index (Phi) is 3.94. The number of carbonyl (C=O) groups excluding carboxylic acids is 1. The molecule has 0 fully saturated rings. The van der Waals surface area contributed by atoms with Crippen LogP contribution in [0.25, 0.3) is 0 Å². The van der Waals surface area contributed by atoms with Crippen molar-refractivity contribution in [3.05, 3.63) is 59.4 Å². The van der Waals surface area contributed by atoms with Crippen LogP contribution in [0.2, 0.25) is 0 Å². The third-order valence-electron chi connectivity index (χ3n) is 2.77. The van der Waals surface area contributed by atoms with Crippen molar-refractivity contribution in [2.24, 2.45) is 7.05 Å². The lowest BCUT2D eigenvalue weighted by atomic mass is 10.2. The average molecular weight is 264 g/mol. The Labute approximate surface area is 109 Å². The van der Waals surface area contributed by atoms with E-state index >= 15 is 0 Å². The molecule has 0 bridgehead atoms. The van der Waals surface area contributed by atoms with E-state index in [4.69, 9.17) is 0 Å². The molecule has 0 aliphatic rings. The number of aromatic nitrogens is 1. The summed E-state index contributed by atoms with van der Waals surface area (Å²) < 4.78 is 27.6. The molecule has 2 rings (SSSR count). The number of aryl methyl sites for hydroxylation is 1. The Morgan fingerprint density at radius 1 is 1.26 bits per heavy atom. The van der Waals surface area contributed by atoms with Crippen LogP contribution in [0, 0.1) is 11.6 Å². The van der Waals surface area contributed by atoms with Crippen molar-refractivity contribution < 1.29 is 13.6 Å². The zero-order valence-corrected chi connectivity index (χ0v) is 10.5. The maximum Gasteiger partial charge on any atom is 0.251 e. The van der Waals surface area contributed by atoms with E-state index in [9.17, 15) is 13.6 Å². The predicted octanol–water partition coefficient (Wildman–Crippen LogP) is 2.28. The molecule has 1 amide bonds. The van der Waals surface area contributed by atoms with Crippen LogP contribution in [-0.2, 0) is 13.5 Å². The Bertz CT molecular complexity index is 593. The van der Waals surface area contributed by atoms with Crippen LogP contribution < -0.4 is 5.32 Å². The number of hydrogen-bond donors (Lipinski definition) is 1. The molecule has 1 N–H and O–H groups in total. The molecular formula is C14H14F2N2O. The fourth-order valence-electron chi connectivity index (χ4n) is 1.77. The first-order chi connectivity index (χ1) is 9.06. The first-order valence-corrected chi connectivity index (χ1v) is 5.90. The van der Waals surface area contributed by atoms with Gasteiger partial charge in [-0.15, -0.1) is 0 Å². The summed E-state index contributed by atoms with van der Waals surface area (Å²) >= 11 is 0. The number of nitrogens with zero attached hydrogens (tertiary/aromatic N) is 1. The van der Waals surface area contributed by atoms with Gasteiger partial charge >= 0.3 is 0 Å². The van der Waals surface area contributed by atoms with Crippen molar-refractivity contribution in [2.75, 3.05) is 6.54 Å². The molecule has 0 radical (unpaired) electrons. The monoisotopic (exact) mass is 264 g/mol. The first kappa shape index (κ1) is 13.3. The van der Waals surface area contributed by atoms with Crippen LogP contribution in [0.4, 0.5) is 8.78 Å². The van der Waals surface area contributed by atoms with Crippen LogP contribution in [0.5, 0.6) is 0 Å². The van der Waals surface area contributed by atoms with E-state index in [-0.39, 0.29) is 5.56 Å².